The Balaban J connectivity index is 4.13. The van der Waals surface area contributed by atoms with Gasteiger partial charge in [0.25, 0.3) is 0 Å². The van der Waals surface area contributed by atoms with Crippen molar-refractivity contribution in [3.8, 4) is 0 Å². The van der Waals surface area contributed by atoms with E-state index < -0.39 is 5.97 Å². The molecule has 0 saturated heterocycles. The third kappa shape index (κ3) is 32.8. The van der Waals surface area contributed by atoms with Crippen molar-refractivity contribution in [2.45, 2.75) is 200 Å². The number of carbonyl (C=O) groups excluding carboxylic acids is 1. The lowest BCUT2D eigenvalue weighted by molar-refractivity contribution is -0.147. The van der Waals surface area contributed by atoms with E-state index in [0.29, 0.717) is 6.42 Å². The van der Waals surface area contributed by atoms with Gasteiger partial charge in [-0.3, -0.25) is 9.59 Å². The summed E-state index contributed by atoms with van der Waals surface area (Å²) in [5.41, 5.74) is 0. The molecule has 0 rings (SSSR count). The molecule has 0 heterocycles. The van der Waals surface area contributed by atoms with Gasteiger partial charge in [0, 0.05) is 12.8 Å². The van der Waals surface area contributed by atoms with Gasteiger partial charge in [0.05, 0.1) is 0 Å². The van der Waals surface area contributed by atoms with E-state index in [9.17, 15) is 9.59 Å². The average molecular weight is 577 g/mol. The first-order valence-electron chi connectivity index (χ1n) is 17.8. The van der Waals surface area contributed by atoms with E-state index in [1.807, 2.05) is 0 Å². The highest BCUT2D eigenvalue weighted by Gasteiger charge is 2.11. The Morgan fingerprint density at radius 1 is 0.561 bits per heavy atom. The zero-order chi connectivity index (χ0) is 30.1. The summed E-state index contributed by atoms with van der Waals surface area (Å²) < 4.78 is 5.89. The highest BCUT2D eigenvalue weighted by molar-refractivity contribution is 5.69. The van der Waals surface area contributed by atoms with Crippen LogP contribution in [0.1, 0.15) is 194 Å². The summed E-state index contributed by atoms with van der Waals surface area (Å²) in [7, 11) is 0. The van der Waals surface area contributed by atoms with E-state index in [0.717, 1.165) is 70.6 Å². The second kappa shape index (κ2) is 32.9. The van der Waals surface area contributed by atoms with Crippen molar-refractivity contribution < 1.29 is 19.4 Å². The maximum Gasteiger partial charge on any atom is 0.306 e. The molecule has 0 aromatic carbocycles. The Bertz CT molecular complexity index is 624. The molecule has 1 atom stereocenters. The fraction of sp³-hybridized carbons (Fsp3) is 0.838. The van der Waals surface area contributed by atoms with Crippen LogP contribution in [0.15, 0.2) is 24.3 Å². The monoisotopic (exact) mass is 577 g/mol. The summed E-state index contributed by atoms with van der Waals surface area (Å²) in [6, 6.07) is 0. The summed E-state index contributed by atoms with van der Waals surface area (Å²) in [6.07, 6.45) is 40.6. The summed E-state index contributed by atoms with van der Waals surface area (Å²) in [6.45, 7) is 4.51. The molecule has 0 fully saturated rings. The van der Waals surface area contributed by atoms with E-state index in [4.69, 9.17) is 9.84 Å². The summed E-state index contributed by atoms with van der Waals surface area (Å²) in [5, 5.41) is 8.75. The standard InChI is InChI=1S/C37H68O4/c1-3-5-7-9-11-13-14-15-16-18-20-26-30-34-37(40)41-35(31-27-23-19-17-12-10-8-6-4-2)32-28-24-21-22-25-29-33-36(38)39/h17,19,27,31,35H,3-16,18,20-26,28-30,32-34H2,1-2H3,(H,38,39)/b19-17-,31-27-. The molecule has 0 radical (unpaired) electrons. The van der Waals surface area contributed by atoms with Gasteiger partial charge in [0.1, 0.15) is 6.10 Å². The molecule has 0 amide bonds. The topological polar surface area (TPSA) is 63.6 Å². The molecule has 41 heavy (non-hydrogen) atoms. The Morgan fingerprint density at radius 3 is 1.56 bits per heavy atom. The minimum absolute atomic E-state index is 0.0529. The Morgan fingerprint density at radius 2 is 1.02 bits per heavy atom. The zero-order valence-electron chi connectivity index (χ0n) is 27.4. The molecule has 1 unspecified atom stereocenters. The van der Waals surface area contributed by atoms with Crippen LogP contribution in [0.3, 0.4) is 0 Å². The average Bonchev–Trinajstić information content (AvgIpc) is 2.95. The lowest BCUT2D eigenvalue weighted by Crippen LogP contribution is -2.16. The van der Waals surface area contributed by atoms with Crippen molar-refractivity contribution >= 4 is 11.9 Å². The first-order valence-corrected chi connectivity index (χ1v) is 17.8. The van der Waals surface area contributed by atoms with E-state index in [1.165, 1.54) is 96.3 Å². The second-order valence-electron chi connectivity index (χ2n) is 12.1. The lowest BCUT2D eigenvalue weighted by Gasteiger charge is -2.14. The smallest absolute Gasteiger partial charge is 0.306 e. The van der Waals surface area contributed by atoms with E-state index in [-0.39, 0.29) is 18.5 Å². The zero-order valence-corrected chi connectivity index (χ0v) is 27.4. The van der Waals surface area contributed by atoms with Crippen molar-refractivity contribution in [1.29, 1.82) is 0 Å². The largest absolute Gasteiger partial charge is 0.481 e. The molecule has 1 N–H and O–H groups in total. The van der Waals surface area contributed by atoms with Crippen LogP contribution in [0.25, 0.3) is 0 Å². The number of carbonyl (C=O) groups is 2. The molecule has 0 aliphatic rings. The van der Waals surface area contributed by atoms with Gasteiger partial charge >= 0.3 is 11.9 Å². The molecular formula is C37H68O4. The maximum absolute atomic E-state index is 12.6. The molecular weight excluding hydrogens is 508 g/mol. The molecule has 4 heteroatoms. The number of allylic oxidation sites excluding steroid dienone is 3. The summed E-state index contributed by atoms with van der Waals surface area (Å²) in [4.78, 5) is 23.2. The van der Waals surface area contributed by atoms with E-state index in [2.05, 4.69) is 38.2 Å². The van der Waals surface area contributed by atoms with Crippen LogP contribution in [0, 0.1) is 0 Å². The highest BCUT2D eigenvalue weighted by atomic mass is 16.5. The van der Waals surface area contributed by atoms with Crippen LogP contribution in [0.2, 0.25) is 0 Å². The van der Waals surface area contributed by atoms with Crippen LogP contribution in [0.4, 0.5) is 0 Å². The van der Waals surface area contributed by atoms with Gasteiger partial charge in [-0.1, -0.05) is 154 Å². The van der Waals surface area contributed by atoms with E-state index in [1.54, 1.807) is 0 Å². The third-order valence-electron chi connectivity index (χ3n) is 7.91. The van der Waals surface area contributed by atoms with Crippen molar-refractivity contribution in [3.63, 3.8) is 0 Å². The second-order valence-corrected chi connectivity index (χ2v) is 12.1. The predicted octanol–water partition coefficient (Wildman–Crippen LogP) is 12.1. The van der Waals surface area contributed by atoms with Crippen LogP contribution in [0.5, 0.6) is 0 Å². The first kappa shape index (κ1) is 39.4. The van der Waals surface area contributed by atoms with Gasteiger partial charge in [-0.2, -0.15) is 0 Å². The number of rotatable bonds is 32. The number of carboxylic acid groups (broad SMARTS) is 1. The molecule has 0 bridgehead atoms. The maximum atomic E-state index is 12.6. The van der Waals surface area contributed by atoms with E-state index >= 15 is 0 Å². The molecule has 0 aliphatic carbocycles. The molecule has 0 saturated carbocycles. The molecule has 0 aliphatic heterocycles. The highest BCUT2D eigenvalue weighted by Crippen LogP contribution is 2.16. The summed E-state index contributed by atoms with van der Waals surface area (Å²) >= 11 is 0. The number of ether oxygens (including phenoxy) is 1. The minimum Gasteiger partial charge on any atom is -0.481 e. The van der Waals surface area contributed by atoms with Crippen LogP contribution in [-0.2, 0) is 14.3 Å². The van der Waals surface area contributed by atoms with Crippen molar-refractivity contribution in [2.24, 2.45) is 0 Å². The fourth-order valence-corrected chi connectivity index (χ4v) is 5.25. The number of esters is 1. The SMILES string of the molecule is CCCCCC/C=C\C/C=C\C(CCCCCCCCC(=O)O)OC(=O)CCCCCCCCCCCCCCC. The van der Waals surface area contributed by atoms with Gasteiger partial charge in [0.15, 0.2) is 0 Å². The van der Waals surface area contributed by atoms with Crippen molar-refractivity contribution in [1.82, 2.24) is 0 Å². The summed E-state index contributed by atoms with van der Waals surface area (Å²) in [5.74, 6) is -0.755. The van der Waals surface area contributed by atoms with Gasteiger partial charge in [-0.05, 0) is 51.0 Å². The number of aliphatic carboxylic acids is 1. The number of hydrogen-bond acceptors (Lipinski definition) is 3. The first-order chi connectivity index (χ1) is 20.1. The molecule has 240 valence electrons. The van der Waals surface area contributed by atoms with Crippen molar-refractivity contribution in [3.05, 3.63) is 24.3 Å². The molecule has 0 aromatic heterocycles. The number of hydrogen-bond donors (Lipinski definition) is 1. The molecule has 0 spiro atoms. The predicted molar refractivity (Wildman–Crippen MR) is 176 cm³/mol. The van der Waals surface area contributed by atoms with Crippen LogP contribution >= 0.6 is 0 Å². The Hall–Kier alpha value is -1.58. The fourth-order valence-electron chi connectivity index (χ4n) is 5.25. The normalized spacial score (nSPS) is 12.4. The quantitative estimate of drug-likeness (QED) is 0.0491. The Kier molecular flexibility index (Phi) is 31.7. The van der Waals surface area contributed by atoms with Crippen molar-refractivity contribution in [2.75, 3.05) is 0 Å². The lowest BCUT2D eigenvalue weighted by atomic mass is 10.0. The third-order valence-corrected chi connectivity index (χ3v) is 7.91. The van der Waals surface area contributed by atoms with Gasteiger partial charge in [-0.15, -0.1) is 0 Å². The number of carboxylic acids is 1. The van der Waals surface area contributed by atoms with Gasteiger partial charge in [0.2, 0.25) is 0 Å². The van der Waals surface area contributed by atoms with Gasteiger partial charge in [-0.25, -0.2) is 0 Å². The molecule has 4 nitrogen and oxygen atoms in total. The number of unbranched alkanes of at least 4 members (excludes halogenated alkanes) is 21. The Labute approximate surface area is 255 Å². The van der Waals surface area contributed by atoms with Crippen LogP contribution in [-0.4, -0.2) is 23.1 Å². The van der Waals surface area contributed by atoms with Crippen LogP contribution < -0.4 is 0 Å². The minimum atomic E-state index is -0.702. The molecule has 0 aromatic rings. The van der Waals surface area contributed by atoms with Gasteiger partial charge < -0.3 is 9.84 Å².